The molecule has 8 heteroatoms. The number of anilines is 1. The first-order chi connectivity index (χ1) is 13.4. The number of amides is 1. The maximum absolute atomic E-state index is 13.7. The van der Waals surface area contributed by atoms with Crippen molar-refractivity contribution in [2.45, 2.75) is 6.92 Å². The summed E-state index contributed by atoms with van der Waals surface area (Å²) in [7, 11) is 0. The lowest BCUT2D eigenvalue weighted by Gasteiger charge is -2.05. The highest BCUT2D eigenvalue weighted by atomic mass is 32.1. The topological polar surface area (TPSA) is 92.4 Å². The van der Waals surface area contributed by atoms with Gasteiger partial charge >= 0.3 is 11.9 Å². The van der Waals surface area contributed by atoms with Gasteiger partial charge in [-0.25, -0.2) is 14.2 Å². The number of oxazole rings is 1. The normalized spacial score (nSPS) is 10.9. The molecule has 2 heterocycles. The minimum atomic E-state index is -1.17. The van der Waals surface area contributed by atoms with Gasteiger partial charge in [0.1, 0.15) is 11.1 Å². The molecule has 0 spiro atoms. The highest BCUT2D eigenvalue weighted by Gasteiger charge is 2.23. The standard InChI is InChI=1S/C20H13FN2O4S/c1-10-5-7-11(8-6-10)17-15(20(25)26)14(9-28-17)22-18(24)19-23-13-4-2-3-12(21)16(13)27-19/h2-9H,1H3,(H,22,24)(H,25,26). The van der Waals surface area contributed by atoms with E-state index in [2.05, 4.69) is 10.3 Å². The average Bonchev–Trinajstić information content (AvgIpc) is 3.27. The van der Waals surface area contributed by atoms with E-state index >= 15 is 0 Å². The minimum absolute atomic E-state index is 0.0236. The van der Waals surface area contributed by atoms with Crippen molar-refractivity contribution in [3.05, 3.63) is 70.7 Å². The van der Waals surface area contributed by atoms with E-state index in [0.29, 0.717) is 4.88 Å². The Morgan fingerprint density at radius 3 is 2.61 bits per heavy atom. The number of aromatic nitrogens is 1. The Bertz CT molecular complexity index is 1210. The Morgan fingerprint density at radius 1 is 1.18 bits per heavy atom. The van der Waals surface area contributed by atoms with Gasteiger partial charge in [0.2, 0.25) is 0 Å². The number of para-hydroxylation sites is 1. The van der Waals surface area contributed by atoms with Crippen LogP contribution in [0, 0.1) is 12.7 Å². The molecular weight excluding hydrogens is 383 g/mol. The first kappa shape index (κ1) is 17.9. The second-order valence-electron chi connectivity index (χ2n) is 6.09. The number of aryl methyl sites for hydroxylation is 1. The van der Waals surface area contributed by atoms with E-state index in [-0.39, 0.29) is 28.2 Å². The van der Waals surface area contributed by atoms with Crippen LogP contribution in [0.3, 0.4) is 0 Å². The highest BCUT2D eigenvalue weighted by Crippen LogP contribution is 2.36. The van der Waals surface area contributed by atoms with Crippen molar-refractivity contribution in [3.8, 4) is 10.4 Å². The summed E-state index contributed by atoms with van der Waals surface area (Å²) in [6, 6.07) is 11.6. The molecule has 0 saturated heterocycles. The fourth-order valence-corrected chi connectivity index (χ4v) is 3.77. The second-order valence-corrected chi connectivity index (χ2v) is 6.97. The van der Waals surface area contributed by atoms with Crippen molar-refractivity contribution >= 4 is 40.0 Å². The number of carboxylic acids is 1. The third-order valence-electron chi connectivity index (χ3n) is 4.13. The van der Waals surface area contributed by atoms with Gasteiger partial charge in [0.25, 0.3) is 5.89 Å². The number of rotatable bonds is 4. The summed E-state index contributed by atoms with van der Waals surface area (Å²) in [5.74, 6) is -2.91. The molecule has 0 aliphatic rings. The number of halogens is 1. The van der Waals surface area contributed by atoms with Gasteiger partial charge < -0.3 is 14.8 Å². The number of nitrogens with one attached hydrogen (secondary N) is 1. The summed E-state index contributed by atoms with van der Waals surface area (Å²) >= 11 is 1.20. The first-order valence-corrected chi connectivity index (χ1v) is 9.10. The summed E-state index contributed by atoms with van der Waals surface area (Å²) in [5, 5.41) is 13.7. The van der Waals surface area contributed by atoms with Crippen LogP contribution in [0.1, 0.15) is 26.6 Å². The highest BCUT2D eigenvalue weighted by molar-refractivity contribution is 7.14. The molecule has 0 atom stereocenters. The van der Waals surface area contributed by atoms with E-state index in [4.69, 9.17) is 4.42 Å². The van der Waals surface area contributed by atoms with Crippen LogP contribution in [0.15, 0.2) is 52.3 Å². The maximum atomic E-state index is 13.7. The number of hydrogen-bond acceptors (Lipinski definition) is 5. The fourth-order valence-electron chi connectivity index (χ4n) is 2.77. The Labute approximate surface area is 162 Å². The van der Waals surface area contributed by atoms with Crippen LogP contribution >= 0.6 is 11.3 Å². The lowest BCUT2D eigenvalue weighted by molar-refractivity contribution is 0.0699. The number of benzene rings is 2. The van der Waals surface area contributed by atoms with Crippen LogP contribution in [0.2, 0.25) is 0 Å². The number of nitrogens with zero attached hydrogens (tertiary/aromatic N) is 1. The minimum Gasteiger partial charge on any atom is -0.478 e. The zero-order chi connectivity index (χ0) is 19.8. The largest absolute Gasteiger partial charge is 0.478 e. The van der Waals surface area contributed by atoms with E-state index < -0.39 is 17.7 Å². The lowest BCUT2D eigenvalue weighted by atomic mass is 10.1. The summed E-state index contributed by atoms with van der Waals surface area (Å²) in [4.78, 5) is 28.8. The van der Waals surface area contributed by atoms with E-state index in [9.17, 15) is 19.1 Å². The molecule has 4 rings (SSSR count). The maximum Gasteiger partial charge on any atom is 0.339 e. The van der Waals surface area contributed by atoms with Crippen molar-refractivity contribution in [1.29, 1.82) is 0 Å². The van der Waals surface area contributed by atoms with E-state index in [1.54, 1.807) is 5.38 Å². The molecule has 4 aromatic rings. The SMILES string of the molecule is Cc1ccc(-c2scc(NC(=O)c3nc4cccc(F)c4o3)c2C(=O)O)cc1. The molecule has 0 unspecified atom stereocenters. The zero-order valence-corrected chi connectivity index (χ0v) is 15.3. The summed E-state index contributed by atoms with van der Waals surface area (Å²) in [5.41, 5.74) is 1.96. The predicted octanol–water partition coefficient (Wildman–Crippen LogP) is 4.95. The molecule has 0 radical (unpaired) electrons. The van der Waals surface area contributed by atoms with Crippen molar-refractivity contribution in [1.82, 2.24) is 4.98 Å². The number of carbonyl (C=O) groups is 2. The molecule has 0 aliphatic heterocycles. The fraction of sp³-hybridized carbons (Fsp3) is 0.0500. The first-order valence-electron chi connectivity index (χ1n) is 8.22. The van der Waals surface area contributed by atoms with Crippen LogP contribution in [0.5, 0.6) is 0 Å². The molecule has 0 bridgehead atoms. The van der Waals surface area contributed by atoms with Crippen LogP contribution in [0.4, 0.5) is 10.1 Å². The number of thiophene rings is 1. The number of carbonyl (C=O) groups excluding carboxylic acids is 1. The molecule has 28 heavy (non-hydrogen) atoms. The van der Waals surface area contributed by atoms with Gasteiger partial charge in [-0.05, 0) is 24.6 Å². The Hall–Kier alpha value is -3.52. The smallest absolute Gasteiger partial charge is 0.339 e. The number of aromatic carboxylic acids is 1. The van der Waals surface area contributed by atoms with Gasteiger partial charge in [0.05, 0.1) is 10.6 Å². The summed E-state index contributed by atoms with van der Waals surface area (Å²) < 4.78 is 18.9. The van der Waals surface area contributed by atoms with Gasteiger partial charge in [0.15, 0.2) is 11.4 Å². The summed E-state index contributed by atoms with van der Waals surface area (Å²) in [6.07, 6.45) is 0. The van der Waals surface area contributed by atoms with Gasteiger partial charge in [-0.3, -0.25) is 4.79 Å². The average molecular weight is 396 g/mol. The Morgan fingerprint density at radius 2 is 1.93 bits per heavy atom. The molecule has 0 saturated carbocycles. The van der Waals surface area contributed by atoms with Gasteiger partial charge in [-0.15, -0.1) is 11.3 Å². The third-order valence-corrected chi connectivity index (χ3v) is 5.16. The number of hydrogen-bond donors (Lipinski definition) is 2. The second kappa shape index (κ2) is 6.90. The Kier molecular flexibility index (Phi) is 4.40. The van der Waals surface area contributed by atoms with Crippen LogP contribution in [-0.4, -0.2) is 22.0 Å². The molecule has 2 aromatic carbocycles. The molecule has 2 N–H and O–H groups in total. The predicted molar refractivity (Wildman–Crippen MR) is 103 cm³/mol. The summed E-state index contributed by atoms with van der Waals surface area (Å²) in [6.45, 7) is 1.94. The molecule has 140 valence electrons. The van der Waals surface area contributed by atoms with Gasteiger partial charge in [-0.1, -0.05) is 35.9 Å². The monoisotopic (exact) mass is 396 g/mol. The van der Waals surface area contributed by atoms with Crippen molar-refractivity contribution in [2.24, 2.45) is 0 Å². The van der Waals surface area contributed by atoms with E-state index in [1.807, 2.05) is 31.2 Å². The molecule has 1 amide bonds. The van der Waals surface area contributed by atoms with E-state index in [0.717, 1.165) is 11.1 Å². The number of fused-ring (bicyclic) bond motifs is 1. The van der Waals surface area contributed by atoms with Crippen molar-refractivity contribution in [3.63, 3.8) is 0 Å². The molecule has 2 aromatic heterocycles. The molecule has 6 nitrogen and oxygen atoms in total. The molecule has 0 aliphatic carbocycles. The van der Waals surface area contributed by atoms with E-state index in [1.165, 1.54) is 29.5 Å². The third kappa shape index (κ3) is 3.14. The Balaban J connectivity index is 1.69. The number of carboxylic acid groups (broad SMARTS) is 1. The van der Waals surface area contributed by atoms with Gasteiger partial charge in [-0.2, -0.15) is 0 Å². The molecular formula is C20H13FN2O4S. The molecule has 0 fully saturated rings. The van der Waals surface area contributed by atoms with Crippen molar-refractivity contribution in [2.75, 3.05) is 5.32 Å². The van der Waals surface area contributed by atoms with Crippen LogP contribution in [-0.2, 0) is 0 Å². The van der Waals surface area contributed by atoms with Crippen molar-refractivity contribution < 1.29 is 23.5 Å². The lowest BCUT2D eigenvalue weighted by Crippen LogP contribution is -2.14. The van der Waals surface area contributed by atoms with Gasteiger partial charge in [0, 0.05) is 5.38 Å². The zero-order valence-electron chi connectivity index (χ0n) is 14.5. The van der Waals surface area contributed by atoms with Crippen LogP contribution in [0.25, 0.3) is 21.5 Å². The quantitative estimate of drug-likeness (QED) is 0.509. The van der Waals surface area contributed by atoms with Crippen LogP contribution < -0.4 is 5.32 Å².